The maximum atomic E-state index is 11.6. The van der Waals surface area contributed by atoms with Gasteiger partial charge in [-0.05, 0) is 47.0 Å². The second-order valence-corrected chi connectivity index (χ2v) is 5.00. The number of halogens is 2. The number of hydrogen-bond acceptors (Lipinski definition) is 2. The summed E-state index contributed by atoms with van der Waals surface area (Å²) in [5.74, 6) is -0.128. The number of nitrogens with one attached hydrogen (secondary N) is 1. The molecule has 1 fully saturated rings. The highest BCUT2D eigenvalue weighted by molar-refractivity contribution is 9.10. The summed E-state index contributed by atoms with van der Waals surface area (Å²) in [6.07, 6.45) is 1.52. The van der Waals surface area contributed by atoms with E-state index >= 15 is 0 Å². The lowest BCUT2D eigenvalue weighted by Gasteiger charge is -2.10. The van der Waals surface area contributed by atoms with E-state index in [2.05, 4.69) is 21.2 Å². The minimum absolute atomic E-state index is 0.128. The number of amides is 1. The van der Waals surface area contributed by atoms with Gasteiger partial charge in [0.1, 0.15) is 0 Å². The summed E-state index contributed by atoms with van der Waals surface area (Å²) in [6.45, 7) is 0. The molecule has 3 nitrogen and oxygen atoms in total. The van der Waals surface area contributed by atoms with Crippen LogP contribution in [0.1, 0.15) is 12.8 Å². The summed E-state index contributed by atoms with van der Waals surface area (Å²) in [5, 5.41) is 3.37. The molecule has 0 heterocycles. The summed E-state index contributed by atoms with van der Waals surface area (Å²) >= 11 is 9.12. The van der Waals surface area contributed by atoms with E-state index in [1.807, 2.05) is 0 Å². The van der Waals surface area contributed by atoms with E-state index in [-0.39, 0.29) is 5.91 Å². The van der Waals surface area contributed by atoms with E-state index in [1.54, 1.807) is 18.2 Å². The van der Waals surface area contributed by atoms with Crippen LogP contribution in [0.4, 0.5) is 5.69 Å². The van der Waals surface area contributed by atoms with E-state index in [0.29, 0.717) is 10.7 Å². The molecule has 1 saturated carbocycles. The normalized spacial score (nSPS) is 17.3. The van der Waals surface area contributed by atoms with E-state index < -0.39 is 5.54 Å². The summed E-state index contributed by atoms with van der Waals surface area (Å²) in [6, 6.07) is 5.22. The van der Waals surface area contributed by atoms with Crippen LogP contribution in [0.2, 0.25) is 5.02 Å². The van der Waals surface area contributed by atoms with Crippen LogP contribution >= 0.6 is 27.5 Å². The Labute approximate surface area is 101 Å². The third-order valence-corrected chi connectivity index (χ3v) is 3.63. The number of carbonyl (C=O) groups is 1. The second-order valence-electron chi connectivity index (χ2n) is 3.74. The average Bonchev–Trinajstić information content (AvgIpc) is 2.92. The van der Waals surface area contributed by atoms with Crippen molar-refractivity contribution in [1.29, 1.82) is 0 Å². The van der Waals surface area contributed by atoms with Gasteiger partial charge in [0.05, 0.1) is 10.6 Å². The van der Waals surface area contributed by atoms with Crippen LogP contribution in [0.25, 0.3) is 0 Å². The van der Waals surface area contributed by atoms with Crippen molar-refractivity contribution < 1.29 is 4.79 Å². The first-order chi connectivity index (χ1) is 7.01. The predicted molar refractivity (Wildman–Crippen MR) is 63.9 cm³/mol. The van der Waals surface area contributed by atoms with Crippen molar-refractivity contribution in [2.24, 2.45) is 5.73 Å². The van der Waals surface area contributed by atoms with Crippen molar-refractivity contribution in [3.8, 4) is 0 Å². The number of anilines is 1. The molecular weight excluding hydrogens is 279 g/mol. The smallest absolute Gasteiger partial charge is 0.244 e. The van der Waals surface area contributed by atoms with Gasteiger partial charge in [0.2, 0.25) is 5.91 Å². The highest BCUT2D eigenvalue weighted by Crippen LogP contribution is 2.34. The van der Waals surface area contributed by atoms with Crippen LogP contribution in [-0.4, -0.2) is 11.4 Å². The zero-order valence-electron chi connectivity index (χ0n) is 7.89. The topological polar surface area (TPSA) is 55.1 Å². The third kappa shape index (κ3) is 2.33. The fourth-order valence-corrected chi connectivity index (χ4v) is 1.69. The van der Waals surface area contributed by atoms with Crippen molar-refractivity contribution in [3.63, 3.8) is 0 Å². The molecule has 1 amide bonds. The molecule has 0 spiro atoms. The fourth-order valence-electron chi connectivity index (χ4n) is 1.19. The van der Waals surface area contributed by atoms with Crippen molar-refractivity contribution in [1.82, 2.24) is 0 Å². The first-order valence-corrected chi connectivity index (χ1v) is 5.74. The third-order valence-electron chi connectivity index (χ3n) is 2.42. The summed E-state index contributed by atoms with van der Waals surface area (Å²) < 4.78 is 0.754. The molecule has 1 aliphatic rings. The van der Waals surface area contributed by atoms with E-state index in [0.717, 1.165) is 17.3 Å². The van der Waals surface area contributed by atoms with Crippen molar-refractivity contribution in [2.75, 3.05) is 5.32 Å². The van der Waals surface area contributed by atoms with Gasteiger partial charge in [-0.25, -0.2) is 0 Å². The largest absolute Gasteiger partial charge is 0.324 e. The lowest BCUT2D eigenvalue weighted by atomic mass is 10.2. The van der Waals surface area contributed by atoms with Crippen molar-refractivity contribution >= 4 is 39.1 Å². The first kappa shape index (κ1) is 10.9. The molecule has 2 rings (SSSR count). The Morgan fingerprint density at radius 2 is 2.20 bits per heavy atom. The molecule has 0 saturated heterocycles. The molecule has 0 atom stereocenters. The number of hydrogen-bond donors (Lipinski definition) is 2. The Hall–Kier alpha value is -0.580. The molecule has 0 unspecified atom stereocenters. The van der Waals surface area contributed by atoms with E-state index in [1.165, 1.54) is 0 Å². The van der Waals surface area contributed by atoms with Gasteiger partial charge in [-0.1, -0.05) is 11.6 Å². The molecule has 15 heavy (non-hydrogen) atoms. The molecule has 0 aliphatic heterocycles. The molecule has 1 aromatic rings. The molecule has 0 aromatic heterocycles. The summed E-state index contributed by atoms with van der Waals surface area (Å²) in [7, 11) is 0. The molecule has 3 N–H and O–H groups in total. The van der Waals surface area contributed by atoms with Gasteiger partial charge in [0, 0.05) is 10.2 Å². The van der Waals surface area contributed by atoms with Crippen LogP contribution < -0.4 is 11.1 Å². The minimum Gasteiger partial charge on any atom is -0.324 e. The lowest BCUT2D eigenvalue weighted by molar-refractivity contribution is -0.118. The number of rotatable bonds is 2. The van der Waals surface area contributed by atoms with Crippen LogP contribution in [-0.2, 0) is 4.79 Å². The van der Waals surface area contributed by atoms with Crippen molar-refractivity contribution in [3.05, 3.63) is 27.7 Å². The average molecular weight is 290 g/mol. The van der Waals surface area contributed by atoms with Crippen molar-refractivity contribution in [2.45, 2.75) is 18.4 Å². The van der Waals surface area contributed by atoms with E-state index in [9.17, 15) is 4.79 Å². The first-order valence-electron chi connectivity index (χ1n) is 4.57. The molecule has 0 bridgehead atoms. The number of nitrogens with two attached hydrogens (primary N) is 1. The molecule has 80 valence electrons. The SMILES string of the molecule is NC1(C(=O)Nc2ccc(Cl)c(Br)c2)CC1. The zero-order chi connectivity index (χ0) is 11.1. The Morgan fingerprint density at radius 3 is 2.73 bits per heavy atom. The highest BCUT2D eigenvalue weighted by Gasteiger charge is 2.45. The van der Waals surface area contributed by atoms with Gasteiger partial charge in [0.25, 0.3) is 0 Å². The number of benzene rings is 1. The molecule has 1 aromatic carbocycles. The molecule has 0 radical (unpaired) electrons. The van der Waals surface area contributed by atoms with Crippen LogP contribution in [0.5, 0.6) is 0 Å². The van der Waals surface area contributed by atoms with Gasteiger partial charge >= 0.3 is 0 Å². The fraction of sp³-hybridized carbons (Fsp3) is 0.300. The van der Waals surface area contributed by atoms with Crippen LogP contribution in [0.3, 0.4) is 0 Å². The predicted octanol–water partition coefficient (Wildman–Crippen LogP) is 2.53. The molecule has 5 heteroatoms. The highest BCUT2D eigenvalue weighted by atomic mass is 79.9. The van der Waals surface area contributed by atoms with E-state index in [4.69, 9.17) is 17.3 Å². The van der Waals surface area contributed by atoms with Gasteiger partial charge < -0.3 is 11.1 Å². The van der Waals surface area contributed by atoms with Crippen LogP contribution in [0, 0.1) is 0 Å². The molecule has 1 aliphatic carbocycles. The minimum atomic E-state index is -0.647. The monoisotopic (exact) mass is 288 g/mol. The Kier molecular flexibility index (Phi) is 2.75. The lowest BCUT2D eigenvalue weighted by Crippen LogP contribution is -2.37. The standard InChI is InChI=1S/C10H10BrClN2O/c11-7-5-6(1-2-8(7)12)14-9(15)10(13)3-4-10/h1-2,5H,3-4,13H2,(H,14,15). The zero-order valence-corrected chi connectivity index (χ0v) is 10.2. The molecular formula is C10H10BrClN2O. The Morgan fingerprint density at radius 1 is 1.53 bits per heavy atom. The second kappa shape index (κ2) is 3.77. The maximum Gasteiger partial charge on any atom is 0.244 e. The quantitative estimate of drug-likeness (QED) is 0.879. The van der Waals surface area contributed by atoms with Gasteiger partial charge in [0.15, 0.2) is 0 Å². The van der Waals surface area contributed by atoms with Gasteiger partial charge in [-0.3, -0.25) is 4.79 Å². The summed E-state index contributed by atoms with van der Waals surface area (Å²) in [4.78, 5) is 11.6. The number of carbonyl (C=O) groups excluding carboxylic acids is 1. The summed E-state index contributed by atoms with van der Waals surface area (Å²) in [5.41, 5.74) is 5.81. The van der Waals surface area contributed by atoms with Gasteiger partial charge in [-0.2, -0.15) is 0 Å². The van der Waals surface area contributed by atoms with Crippen LogP contribution in [0.15, 0.2) is 22.7 Å². The Bertz CT molecular complexity index is 418. The van der Waals surface area contributed by atoms with Gasteiger partial charge in [-0.15, -0.1) is 0 Å². The maximum absolute atomic E-state index is 11.6. The Balaban J connectivity index is 2.11.